The Hall–Kier alpha value is -3.33. The van der Waals surface area contributed by atoms with E-state index >= 15 is 0 Å². The molecule has 13 heteroatoms. The van der Waals surface area contributed by atoms with Gasteiger partial charge in [0.2, 0.25) is 12.2 Å². The Kier molecular flexibility index (Phi) is 6.48. The molecule has 3 fully saturated rings. The Balaban J connectivity index is 1.34. The molecule has 40 heavy (non-hydrogen) atoms. The van der Waals surface area contributed by atoms with Gasteiger partial charge in [0.15, 0.2) is 6.29 Å². The van der Waals surface area contributed by atoms with Gasteiger partial charge < -0.3 is 50.0 Å². The van der Waals surface area contributed by atoms with E-state index in [1.54, 1.807) is 24.3 Å². The third kappa shape index (κ3) is 3.66. The Morgan fingerprint density at radius 2 is 1.93 bits per heavy atom. The summed E-state index contributed by atoms with van der Waals surface area (Å²) in [5.74, 6) is -3.46. The first-order valence-corrected chi connectivity index (χ1v) is 13.0. The third-order valence-electron chi connectivity index (χ3n) is 8.96. The number of ether oxygens (including phenoxy) is 3. The molecule has 1 aromatic rings. The number of nitrogens with one attached hydrogen (secondary N) is 1. The monoisotopic (exact) mass is 558 g/mol. The molecule has 1 aromatic carbocycles. The lowest BCUT2D eigenvalue weighted by atomic mass is 9.67. The van der Waals surface area contributed by atoms with Crippen molar-refractivity contribution in [2.75, 3.05) is 11.9 Å². The van der Waals surface area contributed by atoms with Gasteiger partial charge in [-0.1, -0.05) is 24.3 Å². The van der Waals surface area contributed by atoms with E-state index in [-0.39, 0.29) is 24.3 Å². The number of carbonyl (C=O) groups is 3. The van der Waals surface area contributed by atoms with Gasteiger partial charge in [-0.25, -0.2) is 4.79 Å². The minimum Gasteiger partial charge on any atom is -0.480 e. The van der Waals surface area contributed by atoms with Gasteiger partial charge in [-0.05, 0) is 24.5 Å². The first kappa shape index (κ1) is 26.9. The highest BCUT2D eigenvalue weighted by molar-refractivity contribution is 6.09. The van der Waals surface area contributed by atoms with Crippen molar-refractivity contribution in [1.29, 1.82) is 0 Å². The van der Waals surface area contributed by atoms with E-state index < -0.39 is 84.8 Å². The molecule has 5 aliphatic rings. The third-order valence-corrected chi connectivity index (χ3v) is 8.96. The fourth-order valence-electron chi connectivity index (χ4n) is 6.98. The number of carbonyl (C=O) groups excluding carboxylic acids is 2. The summed E-state index contributed by atoms with van der Waals surface area (Å²) in [5, 5.41) is 53.1. The zero-order chi connectivity index (χ0) is 28.5. The summed E-state index contributed by atoms with van der Waals surface area (Å²) in [5.41, 5.74) is 0.127. The molecular formula is C27H30N2O11. The molecule has 0 saturated carbocycles. The van der Waals surface area contributed by atoms with Gasteiger partial charge in [-0.15, -0.1) is 6.58 Å². The van der Waals surface area contributed by atoms with Crippen LogP contribution in [0.15, 0.2) is 48.8 Å². The molecule has 6 rings (SSSR count). The lowest BCUT2D eigenvalue weighted by molar-refractivity contribution is -0.339. The van der Waals surface area contributed by atoms with E-state index in [4.69, 9.17) is 14.2 Å². The van der Waals surface area contributed by atoms with Crippen LogP contribution in [0, 0.1) is 11.8 Å². The molecule has 214 valence electrons. The topological polar surface area (TPSA) is 195 Å². The number of anilines is 1. The minimum absolute atomic E-state index is 0.0913. The number of benzene rings is 1. The summed E-state index contributed by atoms with van der Waals surface area (Å²) in [6.45, 7) is 3.23. The van der Waals surface area contributed by atoms with Crippen LogP contribution in [-0.4, -0.2) is 104 Å². The summed E-state index contributed by atoms with van der Waals surface area (Å²) < 4.78 is 17.0. The molecule has 0 aliphatic carbocycles. The molecular weight excluding hydrogens is 528 g/mol. The molecule has 11 atom stereocenters. The number of hydrogen-bond donors (Lipinski definition) is 6. The lowest BCUT2D eigenvalue weighted by Crippen LogP contribution is -2.61. The Bertz CT molecular complexity index is 1280. The van der Waals surface area contributed by atoms with Crippen LogP contribution in [0.2, 0.25) is 0 Å². The standard InChI is InChI=1S/C27H30N2O11/c1-2-11-12-7-18-27(14-5-3-4-6-15(14)28-26(27)37)8-16(23(35)36)29(18)22(34)13(12)10-38-24(11)40-25-21(33)20(32)19(31)17(9-30)39-25/h2-6,10-12,16-21,24-25,30-33H,1,7-9H2,(H,28,37)(H,35,36)/t11-,12+,16+,17-,18+,19-,20+,21-,24+,25+,27+/m1/s1. The molecule has 5 heterocycles. The van der Waals surface area contributed by atoms with Crippen molar-refractivity contribution in [3.05, 3.63) is 54.3 Å². The number of rotatable bonds is 5. The van der Waals surface area contributed by atoms with Crippen LogP contribution in [-0.2, 0) is 34.0 Å². The number of nitrogens with zero attached hydrogens (tertiary/aromatic N) is 1. The van der Waals surface area contributed by atoms with Gasteiger partial charge in [0, 0.05) is 17.5 Å². The number of piperidine rings is 1. The van der Waals surface area contributed by atoms with E-state index in [2.05, 4.69) is 11.9 Å². The smallest absolute Gasteiger partial charge is 0.326 e. The molecule has 13 nitrogen and oxygen atoms in total. The number of amides is 2. The van der Waals surface area contributed by atoms with Crippen LogP contribution < -0.4 is 5.32 Å². The summed E-state index contributed by atoms with van der Waals surface area (Å²) in [6, 6.07) is 5.01. The summed E-state index contributed by atoms with van der Waals surface area (Å²) >= 11 is 0. The second-order valence-corrected chi connectivity index (χ2v) is 10.8. The highest BCUT2D eigenvalue weighted by Crippen LogP contribution is 2.56. The van der Waals surface area contributed by atoms with E-state index in [1.807, 2.05) is 0 Å². The number of carboxylic acids is 1. The molecule has 0 aromatic heterocycles. The van der Waals surface area contributed by atoms with E-state index in [0.717, 1.165) is 0 Å². The van der Waals surface area contributed by atoms with Crippen LogP contribution in [0.4, 0.5) is 5.69 Å². The van der Waals surface area contributed by atoms with Crippen molar-refractivity contribution >= 4 is 23.5 Å². The van der Waals surface area contributed by atoms with Crippen molar-refractivity contribution in [2.24, 2.45) is 11.8 Å². The molecule has 5 aliphatic heterocycles. The van der Waals surface area contributed by atoms with Gasteiger partial charge in [0.25, 0.3) is 5.91 Å². The number of hydrogen-bond acceptors (Lipinski definition) is 10. The number of aliphatic carboxylic acids is 1. The van der Waals surface area contributed by atoms with Gasteiger partial charge in [0.05, 0.1) is 29.9 Å². The Morgan fingerprint density at radius 3 is 2.62 bits per heavy atom. The lowest BCUT2D eigenvalue weighted by Gasteiger charge is -2.47. The summed E-state index contributed by atoms with van der Waals surface area (Å²) in [4.78, 5) is 41.0. The quantitative estimate of drug-likeness (QED) is 0.238. The fourth-order valence-corrected chi connectivity index (χ4v) is 6.98. The van der Waals surface area contributed by atoms with Crippen molar-refractivity contribution in [1.82, 2.24) is 4.90 Å². The Labute approximate surface area is 228 Å². The van der Waals surface area contributed by atoms with Crippen molar-refractivity contribution in [3.63, 3.8) is 0 Å². The number of aliphatic hydroxyl groups is 4. The van der Waals surface area contributed by atoms with E-state index in [1.165, 1.54) is 17.2 Å². The fraction of sp³-hybridized carbons (Fsp3) is 0.519. The number of para-hydroxylation sites is 1. The first-order valence-electron chi connectivity index (χ1n) is 13.0. The molecule has 2 amide bonds. The molecule has 6 N–H and O–H groups in total. The maximum atomic E-state index is 13.8. The highest BCUT2D eigenvalue weighted by Gasteiger charge is 2.66. The maximum absolute atomic E-state index is 13.8. The normalized spacial score (nSPS) is 41.9. The highest BCUT2D eigenvalue weighted by atomic mass is 16.8. The average molecular weight is 559 g/mol. The SMILES string of the molecule is C=C[C@H]1[C@H](O[C@@H]2O[C@H](CO)[C@@H](O)[C@H](O)[C@H]2O)OC=C2C(=O)N3[C@@H](C[C@H]21)[C@@]1(C[C@H]3C(=O)O)C(=O)Nc2ccccc21. The second kappa shape index (κ2) is 9.65. The summed E-state index contributed by atoms with van der Waals surface area (Å²) in [6.07, 6.45) is -5.96. The van der Waals surface area contributed by atoms with Gasteiger partial charge >= 0.3 is 5.97 Å². The van der Waals surface area contributed by atoms with Gasteiger partial charge in [-0.3, -0.25) is 9.59 Å². The number of carboxylic acid groups (broad SMARTS) is 1. The van der Waals surface area contributed by atoms with Crippen molar-refractivity contribution in [2.45, 2.75) is 67.3 Å². The molecule has 0 bridgehead atoms. The van der Waals surface area contributed by atoms with Crippen LogP contribution in [0.5, 0.6) is 0 Å². The van der Waals surface area contributed by atoms with Gasteiger partial charge in [0.1, 0.15) is 30.5 Å². The number of fused-ring (bicyclic) bond motifs is 5. The van der Waals surface area contributed by atoms with Crippen LogP contribution in [0.1, 0.15) is 18.4 Å². The summed E-state index contributed by atoms with van der Waals surface area (Å²) in [7, 11) is 0. The van der Waals surface area contributed by atoms with Crippen LogP contribution in [0.25, 0.3) is 0 Å². The molecule has 0 radical (unpaired) electrons. The van der Waals surface area contributed by atoms with Crippen LogP contribution in [0.3, 0.4) is 0 Å². The largest absolute Gasteiger partial charge is 0.480 e. The van der Waals surface area contributed by atoms with Crippen molar-refractivity contribution in [3.8, 4) is 0 Å². The van der Waals surface area contributed by atoms with E-state index in [0.29, 0.717) is 11.3 Å². The minimum atomic E-state index is -1.67. The predicted octanol–water partition coefficient (Wildman–Crippen LogP) is -1.19. The zero-order valence-corrected chi connectivity index (χ0v) is 21.2. The molecule has 0 unspecified atom stereocenters. The second-order valence-electron chi connectivity index (χ2n) is 10.8. The molecule has 1 spiro atoms. The zero-order valence-electron chi connectivity index (χ0n) is 21.2. The Morgan fingerprint density at radius 1 is 1.18 bits per heavy atom. The maximum Gasteiger partial charge on any atom is 0.326 e. The average Bonchev–Trinajstić information content (AvgIpc) is 3.44. The van der Waals surface area contributed by atoms with Gasteiger partial charge in [-0.2, -0.15) is 0 Å². The van der Waals surface area contributed by atoms with Crippen LogP contribution >= 0.6 is 0 Å². The van der Waals surface area contributed by atoms with Crippen molar-refractivity contribution < 1.29 is 54.1 Å². The predicted molar refractivity (Wildman–Crippen MR) is 133 cm³/mol. The van der Waals surface area contributed by atoms with E-state index in [9.17, 15) is 39.9 Å². The number of aliphatic hydroxyl groups excluding tert-OH is 4. The molecule has 3 saturated heterocycles. The first-order chi connectivity index (χ1) is 19.1.